The van der Waals surface area contributed by atoms with Gasteiger partial charge in [-0.25, -0.2) is 13.2 Å². The van der Waals surface area contributed by atoms with Crippen LogP contribution in [-0.2, 0) is 11.2 Å². The van der Waals surface area contributed by atoms with Crippen molar-refractivity contribution in [2.24, 2.45) is 0 Å². The Labute approximate surface area is 222 Å². The standard InChI is InChI=1S/C30H23ClF3N3O/c1-17-25(26-14-21(32)8-9-28(26)37-17)15-29(38)36-16-27(19-11-22(33)13-23(34)12-19)30-24(3-2-10-35-30)18-4-6-20(31)7-5-18/h2-14,27,37H,15-16H2,1H3,(H,36,38). The highest BCUT2D eigenvalue weighted by Gasteiger charge is 2.23. The molecule has 0 aliphatic carbocycles. The molecule has 0 fully saturated rings. The zero-order valence-electron chi connectivity index (χ0n) is 20.4. The number of hydrogen-bond acceptors (Lipinski definition) is 2. The van der Waals surface area contributed by atoms with E-state index in [1.54, 1.807) is 30.5 Å². The second kappa shape index (κ2) is 10.7. The van der Waals surface area contributed by atoms with E-state index in [0.717, 1.165) is 28.4 Å². The van der Waals surface area contributed by atoms with Gasteiger partial charge in [-0.2, -0.15) is 0 Å². The number of rotatable bonds is 7. The van der Waals surface area contributed by atoms with Crippen LogP contribution >= 0.6 is 11.6 Å². The lowest BCUT2D eigenvalue weighted by atomic mass is 9.89. The van der Waals surface area contributed by atoms with Crippen LogP contribution in [0.2, 0.25) is 5.02 Å². The van der Waals surface area contributed by atoms with Crippen LogP contribution in [0.1, 0.15) is 28.4 Å². The molecular formula is C30H23ClF3N3O. The fourth-order valence-corrected chi connectivity index (χ4v) is 4.86. The largest absolute Gasteiger partial charge is 0.358 e. The molecule has 3 aromatic carbocycles. The molecule has 0 saturated carbocycles. The van der Waals surface area contributed by atoms with E-state index in [1.165, 1.54) is 24.3 Å². The molecule has 1 atom stereocenters. The van der Waals surface area contributed by atoms with Crippen molar-refractivity contribution in [1.82, 2.24) is 15.3 Å². The Hall–Kier alpha value is -4.10. The molecule has 0 aliphatic rings. The summed E-state index contributed by atoms with van der Waals surface area (Å²) in [4.78, 5) is 20.8. The first-order valence-corrected chi connectivity index (χ1v) is 12.4. The third kappa shape index (κ3) is 5.43. The predicted octanol–water partition coefficient (Wildman–Crippen LogP) is 7.10. The van der Waals surface area contributed by atoms with Gasteiger partial charge < -0.3 is 10.3 Å². The number of benzene rings is 3. The Morgan fingerprint density at radius 1 is 0.974 bits per heavy atom. The molecule has 0 spiro atoms. The third-order valence-corrected chi connectivity index (χ3v) is 6.79. The predicted molar refractivity (Wildman–Crippen MR) is 143 cm³/mol. The minimum Gasteiger partial charge on any atom is -0.358 e. The number of H-pyrrole nitrogens is 1. The van der Waals surface area contributed by atoms with Crippen LogP contribution in [0.15, 0.2) is 79.0 Å². The number of fused-ring (bicyclic) bond motifs is 1. The summed E-state index contributed by atoms with van der Waals surface area (Å²) in [5.74, 6) is -2.81. The first-order chi connectivity index (χ1) is 18.3. The average molecular weight is 534 g/mol. The molecule has 2 heterocycles. The van der Waals surface area contributed by atoms with Crippen LogP contribution in [-0.4, -0.2) is 22.4 Å². The van der Waals surface area contributed by atoms with Gasteiger partial charge in [-0.1, -0.05) is 29.8 Å². The van der Waals surface area contributed by atoms with E-state index < -0.39 is 23.4 Å². The Morgan fingerprint density at radius 2 is 1.71 bits per heavy atom. The number of carbonyl (C=O) groups excluding carboxylic acids is 1. The molecule has 2 aromatic heterocycles. The number of halogens is 4. The van der Waals surface area contributed by atoms with Crippen LogP contribution in [0, 0.1) is 24.4 Å². The van der Waals surface area contributed by atoms with Gasteiger partial charge in [0.05, 0.1) is 12.1 Å². The molecule has 0 aliphatic heterocycles. The molecule has 0 bridgehead atoms. The summed E-state index contributed by atoms with van der Waals surface area (Å²) in [5, 5.41) is 4.11. The van der Waals surface area contributed by atoms with Crippen molar-refractivity contribution >= 4 is 28.4 Å². The fourth-order valence-electron chi connectivity index (χ4n) is 4.74. The number of amides is 1. The van der Waals surface area contributed by atoms with Crippen molar-refractivity contribution in [3.8, 4) is 11.1 Å². The number of carbonyl (C=O) groups is 1. The highest BCUT2D eigenvalue weighted by atomic mass is 35.5. The van der Waals surface area contributed by atoms with Crippen molar-refractivity contribution < 1.29 is 18.0 Å². The van der Waals surface area contributed by atoms with E-state index in [9.17, 15) is 18.0 Å². The summed E-state index contributed by atoms with van der Waals surface area (Å²) in [6.45, 7) is 1.86. The molecule has 192 valence electrons. The highest BCUT2D eigenvalue weighted by molar-refractivity contribution is 6.30. The van der Waals surface area contributed by atoms with Crippen molar-refractivity contribution in [3.05, 3.63) is 124 Å². The number of aromatic amines is 1. The molecule has 4 nitrogen and oxygen atoms in total. The number of nitrogens with zero attached hydrogens (tertiary/aromatic N) is 1. The van der Waals surface area contributed by atoms with Crippen molar-refractivity contribution in [2.75, 3.05) is 6.54 Å². The zero-order valence-corrected chi connectivity index (χ0v) is 21.1. The molecule has 38 heavy (non-hydrogen) atoms. The Bertz CT molecular complexity index is 1610. The minimum atomic E-state index is -0.725. The van der Waals surface area contributed by atoms with Gasteiger partial charge in [0, 0.05) is 51.9 Å². The first-order valence-electron chi connectivity index (χ1n) is 12.0. The molecule has 1 unspecified atom stereocenters. The van der Waals surface area contributed by atoms with Gasteiger partial charge in [0.15, 0.2) is 0 Å². The summed E-state index contributed by atoms with van der Waals surface area (Å²) >= 11 is 6.06. The van der Waals surface area contributed by atoms with Crippen molar-refractivity contribution in [2.45, 2.75) is 19.3 Å². The third-order valence-electron chi connectivity index (χ3n) is 6.53. The molecule has 8 heteroatoms. The van der Waals surface area contributed by atoms with Gasteiger partial charge >= 0.3 is 0 Å². The van der Waals surface area contributed by atoms with E-state index in [4.69, 9.17) is 11.6 Å². The normalized spacial score (nSPS) is 12.0. The SMILES string of the molecule is Cc1[nH]c2ccc(F)cc2c1CC(=O)NCC(c1cc(F)cc(F)c1)c1ncccc1-c1ccc(Cl)cc1. The van der Waals surface area contributed by atoms with E-state index in [2.05, 4.69) is 15.3 Å². The summed E-state index contributed by atoms with van der Waals surface area (Å²) in [6.07, 6.45) is 1.61. The van der Waals surface area contributed by atoms with Gasteiger partial charge in [0.25, 0.3) is 0 Å². The van der Waals surface area contributed by atoms with E-state index in [1.807, 2.05) is 25.1 Å². The highest BCUT2D eigenvalue weighted by Crippen LogP contribution is 2.33. The second-order valence-corrected chi connectivity index (χ2v) is 9.53. The number of pyridine rings is 1. The topological polar surface area (TPSA) is 57.8 Å². The van der Waals surface area contributed by atoms with Gasteiger partial charge in [-0.3, -0.25) is 9.78 Å². The first kappa shape index (κ1) is 25.5. The minimum absolute atomic E-state index is 0.00573. The van der Waals surface area contributed by atoms with E-state index in [-0.39, 0.29) is 18.9 Å². The summed E-state index contributed by atoms with van der Waals surface area (Å²) in [6, 6.07) is 18.5. The molecule has 5 aromatic rings. The number of aryl methyl sites for hydroxylation is 1. The molecule has 1 amide bonds. The van der Waals surface area contributed by atoms with Crippen LogP contribution in [0.3, 0.4) is 0 Å². The smallest absolute Gasteiger partial charge is 0.224 e. The van der Waals surface area contributed by atoms with Crippen LogP contribution < -0.4 is 5.32 Å². The lowest BCUT2D eigenvalue weighted by Crippen LogP contribution is -2.31. The number of aromatic nitrogens is 2. The maximum Gasteiger partial charge on any atom is 0.224 e. The number of hydrogen-bond donors (Lipinski definition) is 2. The zero-order chi connectivity index (χ0) is 26.8. The van der Waals surface area contributed by atoms with Gasteiger partial charge in [-0.05, 0) is 72.1 Å². The second-order valence-electron chi connectivity index (χ2n) is 9.10. The summed E-state index contributed by atoms with van der Waals surface area (Å²) < 4.78 is 42.4. The van der Waals surface area contributed by atoms with Gasteiger partial charge in [0.1, 0.15) is 17.5 Å². The Morgan fingerprint density at radius 3 is 2.45 bits per heavy atom. The molecule has 0 radical (unpaired) electrons. The molecule has 0 saturated heterocycles. The quantitative estimate of drug-likeness (QED) is 0.234. The fraction of sp³-hybridized carbons (Fsp3) is 0.133. The van der Waals surface area contributed by atoms with Crippen LogP contribution in [0.4, 0.5) is 13.2 Å². The van der Waals surface area contributed by atoms with E-state index in [0.29, 0.717) is 27.2 Å². The lowest BCUT2D eigenvalue weighted by Gasteiger charge is -2.21. The van der Waals surface area contributed by atoms with Gasteiger partial charge in [0.2, 0.25) is 5.91 Å². The van der Waals surface area contributed by atoms with E-state index >= 15 is 0 Å². The number of nitrogens with one attached hydrogen (secondary N) is 2. The van der Waals surface area contributed by atoms with Crippen LogP contribution in [0.5, 0.6) is 0 Å². The lowest BCUT2D eigenvalue weighted by molar-refractivity contribution is -0.120. The Kier molecular flexibility index (Phi) is 7.20. The van der Waals surface area contributed by atoms with Crippen LogP contribution in [0.25, 0.3) is 22.0 Å². The summed E-state index contributed by atoms with van der Waals surface area (Å²) in [7, 11) is 0. The van der Waals surface area contributed by atoms with Crippen molar-refractivity contribution in [1.29, 1.82) is 0 Å². The maximum absolute atomic E-state index is 14.3. The monoisotopic (exact) mass is 533 g/mol. The molecule has 5 rings (SSSR count). The molecule has 2 N–H and O–H groups in total. The Balaban J connectivity index is 1.47. The summed E-state index contributed by atoms with van der Waals surface area (Å²) in [5.41, 5.74) is 4.64. The van der Waals surface area contributed by atoms with Gasteiger partial charge in [-0.15, -0.1) is 0 Å². The molecular weight excluding hydrogens is 511 g/mol. The maximum atomic E-state index is 14.3. The van der Waals surface area contributed by atoms with Crippen molar-refractivity contribution in [3.63, 3.8) is 0 Å². The average Bonchev–Trinajstić information content (AvgIpc) is 3.18.